The summed E-state index contributed by atoms with van der Waals surface area (Å²) in [5.41, 5.74) is 0.998. The van der Waals surface area contributed by atoms with Crippen molar-refractivity contribution in [3.8, 4) is 0 Å². The Balaban J connectivity index is 1.64. The number of amides is 3. The molecular formula is C28H40BrN3O4S. The van der Waals surface area contributed by atoms with Crippen LogP contribution in [0.1, 0.15) is 58.4 Å². The topological polar surface area (TPSA) is 98.7 Å². The fourth-order valence-electron chi connectivity index (χ4n) is 6.47. The molecule has 3 aliphatic heterocycles. The molecule has 0 aliphatic carbocycles. The minimum absolute atomic E-state index is 0.0297. The maximum atomic E-state index is 14.2. The average molecular weight is 595 g/mol. The molecule has 0 aromatic heterocycles. The summed E-state index contributed by atoms with van der Waals surface area (Å²) in [7, 11) is 0. The van der Waals surface area contributed by atoms with Gasteiger partial charge in [-0.2, -0.15) is 0 Å². The van der Waals surface area contributed by atoms with Crippen molar-refractivity contribution in [1.82, 2.24) is 15.5 Å². The number of hydrogen-bond donors (Lipinski definition) is 3. The van der Waals surface area contributed by atoms with E-state index in [0.29, 0.717) is 25.9 Å². The molecule has 7 atom stereocenters. The highest BCUT2D eigenvalue weighted by atomic mass is 79.9. The van der Waals surface area contributed by atoms with E-state index < -0.39 is 28.7 Å². The molecule has 9 heteroatoms. The molecule has 3 aliphatic rings. The van der Waals surface area contributed by atoms with E-state index in [9.17, 15) is 19.5 Å². The molecule has 3 amide bonds. The first-order valence-corrected chi connectivity index (χ1v) is 15.4. The van der Waals surface area contributed by atoms with E-state index >= 15 is 0 Å². The molecule has 4 rings (SSSR count). The highest BCUT2D eigenvalue weighted by Gasteiger charge is 2.76. The summed E-state index contributed by atoms with van der Waals surface area (Å²) in [6, 6.07) is 8.57. The predicted octanol–water partition coefficient (Wildman–Crippen LogP) is 3.48. The van der Waals surface area contributed by atoms with Gasteiger partial charge in [0.15, 0.2) is 0 Å². The zero-order chi connectivity index (χ0) is 26.7. The van der Waals surface area contributed by atoms with Crippen molar-refractivity contribution in [3.05, 3.63) is 35.9 Å². The van der Waals surface area contributed by atoms with Crippen LogP contribution in [0.5, 0.6) is 0 Å². The smallest absolute Gasteiger partial charge is 0.244 e. The van der Waals surface area contributed by atoms with Crippen LogP contribution < -0.4 is 10.6 Å². The van der Waals surface area contributed by atoms with Crippen molar-refractivity contribution in [2.45, 2.75) is 86.3 Å². The van der Waals surface area contributed by atoms with E-state index in [4.69, 9.17) is 0 Å². The number of likely N-dealkylation sites (tertiary alicyclic amines) is 1. The quantitative estimate of drug-likeness (QED) is 0.254. The lowest BCUT2D eigenvalue weighted by atomic mass is 9.70. The van der Waals surface area contributed by atoms with Gasteiger partial charge >= 0.3 is 0 Å². The summed E-state index contributed by atoms with van der Waals surface area (Å²) in [5, 5.41) is 16.4. The van der Waals surface area contributed by atoms with Gasteiger partial charge in [0.2, 0.25) is 17.7 Å². The van der Waals surface area contributed by atoms with Gasteiger partial charge in [-0.15, -0.1) is 11.8 Å². The van der Waals surface area contributed by atoms with Crippen LogP contribution >= 0.6 is 27.7 Å². The van der Waals surface area contributed by atoms with Crippen LogP contribution in [-0.4, -0.2) is 67.8 Å². The Bertz CT molecular complexity index is 979. The molecule has 7 nitrogen and oxygen atoms in total. The molecule has 0 radical (unpaired) electrons. The van der Waals surface area contributed by atoms with Crippen molar-refractivity contribution >= 4 is 45.4 Å². The third kappa shape index (κ3) is 5.46. The van der Waals surface area contributed by atoms with Crippen LogP contribution in [-0.2, 0) is 20.9 Å². The molecule has 3 saturated heterocycles. The van der Waals surface area contributed by atoms with Crippen molar-refractivity contribution in [2.24, 2.45) is 17.8 Å². The number of benzene rings is 1. The van der Waals surface area contributed by atoms with E-state index in [1.165, 1.54) is 0 Å². The van der Waals surface area contributed by atoms with Crippen molar-refractivity contribution < 1.29 is 19.5 Å². The minimum Gasteiger partial charge on any atom is -0.394 e. The predicted molar refractivity (Wildman–Crippen MR) is 150 cm³/mol. The van der Waals surface area contributed by atoms with Gasteiger partial charge in [0, 0.05) is 23.2 Å². The fourth-order valence-corrected chi connectivity index (χ4v) is 10.1. The average Bonchev–Trinajstić information content (AvgIpc) is 3.47. The van der Waals surface area contributed by atoms with Crippen molar-refractivity contribution in [2.75, 3.05) is 13.2 Å². The molecule has 2 bridgehead atoms. The molecule has 204 valence electrons. The lowest BCUT2D eigenvalue weighted by Crippen LogP contribution is -2.57. The van der Waals surface area contributed by atoms with Crippen LogP contribution in [0.4, 0.5) is 0 Å². The fraction of sp³-hybridized carbons (Fsp3) is 0.679. The maximum absolute atomic E-state index is 14.2. The molecule has 0 saturated carbocycles. The van der Waals surface area contributed by atoms with Crippen LogP contribution in [0, 0.1) is 17.8 Å². The van der Waals surface area contributed by atoms with Crippen molar-refractivity contribution in [3.63, 3.8) is 0 Å². The zero-order valence-corrected chi connectivity index (χ0v) is 24.4. The number of nitrogens with zero attached hydrogens (tertiary/aromatic N) is 1. The Labute approximate surface area is 233 Å². The first-order chi connectivity index (χ1) is 17.7. The number of rotatable bonds is 12. The number of aliphatic hydroxyl groups is 1. The van der Waals surface area contributed by atoms with E-state index in [0.717, 1.165) is 24.8 Å². The Hall–Kier alpha value is -1.58. The summed E-state index contributed by atoms with van der Waals surface area (Å²) >= 11 is 5.44. The van der Waals surface area contributed by atoms with Crippen LogP contribution in [0.3, 0.4) is 0 Å². The normalized spacial score (nSPS) is 31.0. The Morgan fingerprint density at radius 3 is 2.57 bits per heavy atom. The molecular weight excluding hydrogens is 554 g/mol. The number of carbonyl (C=O) groups is 3. The molecule has 3 fully saturated rings. The Morgan fingerprint density at radius 2 is 1.92 bits per heavy atom. The van der Waals surface area contributed by atoms with E-state index in [1.807, 2.05) is 30.3 Å². The third-order valence-corrected chi connectivity index (χ3v) is 11.2. The van der Waals surface area contributed by atoms with Gasteiger partial charge < -0.3 is 20.6 Å². The SMILES string of the molecule is CCCCCNC(=O)C1N([C@@H](CO)CC(C)C)C(=O)[C@@H]2[C@@H](C(=O)NCc3ccccc3)[C@@H]3SC12CC3Br. The number of nitrogens with one attached hydrogen (secondary N) is 2. The number of hydrogen-bond acceptors (Lipinski definition) is 5. The van der Waals surface area contributed by atoms with Crippen LogP contribution in [0.25, 0.3) is 0 Å². The molecule has 3 N–H and O–H groups in total. The summed E-state index contributed by atoms with van der Waals surface area (Å²) in [6.07, 6.45) is 4.21. The third-order valence-electron chi connectivity index (χ3n) is 8.01. The van der Waals surface area contributed by atoms with Crippen LogP contribution in [0.2, 0.25) is 0 Å². The van der Waals surface area contributed by atoms with Gasteiger partial charge in [-0.25, -0.2) is 0 Å². The number of halogens is 1. The molecule has 3 unspecified atom stereocenters. The van der Waals surface area contributed by atoms with E-state index in [2.05, 4.69) is 47.3 Å². The van der Waals surface area contributed by atoms with E-state index in [1.54, 1.807) is 16.7 Å². The number of carbonyl (C=O) groups excluding carboxylic acids is 3. The van der Waals surface area contributed by atoms with Gasteiger partial charge in [-0.3, -0.25) is 14.4 Å². The number of aliphatic hydroxyl groups excluding tert-OH is 1. The number of fused-ring (bicyclic) bond motifs is 1. The molecule has 1 aromatic rings. The lowest BCUT2D eigenvalue weighted by Gasteiger charge is -2.37. The van der Waals surface area contributed by atoms with Crippen molar-refractivity contribution in [1.29, 1.82) is 0 Å². The standard InChI is InChI=1S/C28H40BrN3O4S/c1-4-5-9-12-30-26(35)24-28-14-20(29)23(37-28)21(25(34)31-15-18-10-7-6-8-11-18)22(28)27(36)32(24)19(16-33)13-17(2)3/h6-8,10-11,17,19-24,33H,4-5,9,12-16H2,1-3H3,(H,30,35)(H,31,34)/t19-,20?,21-,22+,23-,24?,28?/m1/s1. The minimum atomic E-state index is -0.704. The Morgan fingerprint density at radius 1 is 1.19 bits per heavy atom. The first kappa shape index (κ1) is 28.4. The molecule has 3 heterocycles. The second-order valence-corrected chi connectivity index (χ2v) is 13.8. The molecule has 1 aromatic carbocycles. The summed E-state index contributed by atoms with van der Waals surface area (Å²) in [5.74, 6) is -1.33. The summed E-state index contributed by atoms with van der Waals surface area (Å²) in [4.78, 5) is 43.2. The van der Waals surface area contributed by atoms with Gasteiger partial charge in [0.1, 0.15) is 6.04 Å². The number of alkyl halides is 1. The highest BCUT2D eigenvalue weighted by molar-refractivity contribution is 9.09. The lowest BCUT2D eigenvalue weighted by molar-refractivity contribution is -0.143. The summed E-state index contributed by atoms with van der Waals surface area (Å²) in [6.45, 7) is 6.98. The van der Waals surface area contributed by atoms with Gasteiger partial charge in [0.05, 0.1) is 29.2 Å². The number of thioether (sulfide) groups is 1. The largest absolute Gasteiger partial charge is 0.394 e. The van der Waals surface area contributed by atoms with Gasteiger partial charge in [-0.05, 0) is 30.7 Å². The summed E-state index contributed by atoms with van der Waals surface area (Å²) < 4.78 is -0.691. The highest BCUT2D eigenvalue weighted by Crippen LogP contribution is 2.68. The molecule has 1 spiro atoms. The second-order valence-electron chi connectivity index (χ2n) is 11.1. The van der Waals surface area contributed by atoms with Crippen LogP contribution in [0.15, 0.2) is 30.3 Å². The van der Waals surface area contributed by atoms with E-state index in [-0.39, 0.29) is 40.3 Å². The second kappa shape index (κ2) is 12.1. The van der Waals surface area contributed by atoms with Gasteiger partial charge in [0.25, 0.3) is 0 Å². The van der Waals surface area contributed by atoms with Gasteiger partial charge in [-0.1, -0.05) is 79.9 Å². The number of unbranched alkanes of at least 4 members (excludes halogenated alkanes) is 2. The Kier molecular flexibility index (Phi) is 9.28. The monoisotopic (exact) mass is 593 g/mol. The molecule has 37 heavy (non-hydrogen) atoms. The maximum Gasteiger partial charge on any atom is 0.244 e. The first-order valence-electron chi connectivity index (χ1n) is 13.6. The zero-order valence-electron chi connectivity index (χ0n) is 22.0.